The molecule has 1 saturated heterocycles. The van der Waals surface area contributed by atoms with E-state index in [0.717, 1.165) is 0 Å². The fourth-order valence-corrected chi connectivity index (χ4v) is 4.99. The molecule has 0 radical (unpaired) electrons. The maximum Gasteiger partial charge on any atom is 0.243 e. The second kappa shape index (κ2) is 8.43. The fraction of sp³-hybridized carbons (Fsp3) is 0.300. The van der Waals surface area contributed by atoms with Gasteiger partial charge in [0.25, 0.3) is 0 Å². The average Bonchev–Trinajstić information content (AvgIpc) is 3.19. The molecule has 0 atom stereocenters. The van der Waals surface area contributed by atoms with Gasteiger partial charge in [0, 0.05) is 36.8 Å². The molecule has 0 unspecified atom stereocenters. The van der Waals surface area contributed by atoms with Crippen molar-refractivity contribution in [2.24, 2.45) is 0 Å². The molecule has 4 rings (SSSR count). The van der Waals surface area contributed by atoms with Crippen molar-refractivity contribution in [1.29, 1.82) is 0 Å². The van der Waals surface area contributed by atoms with E-state index < -0.39 is 10.0 Å². The molecule has 0 spiro atoms. The van der Waals surface area contributed by atoms with Crippen molar-refractivity contribution < 1.29 is 17.3 Å². The van der Waals surface area contributed by atoms with Crippen LogP contribution in [0.25, 0.3) is 11.4 Å². The summed E-state index contributed by atoms with van der Waals surface area (Å²) in [4.78, 5) is 6.57. The van der Waals surface area contributed by atoms with Gasteiger partial charge in [-0.2, -0.15) is 9.29 Å². The van der Waals surface area contributed by atoms with Crippen molar-refractivity contribution in [3.63, 3.8) is 0 Å². The molecule has 10 heteroatoms. The highest BCUT2D eigenvalue weighted by Gasteiger charge is 2.29. The van der Waals surface area contributed by atoms with Gasteiger partial charge in [0.05, 0.1) is 11.4 Å². The quantitative estimate of drug-likeness (QED) is 0.593. The minimum atomic E-state index is -3.59. The summed E-state index contributed by atoms with van der Waals surface area (Å²) in [6, 6.07) is 11.1. The van der Waals surface area contributed by atoms with Gasteiger partial charge >= 0.3 is 0 Å². The molecule has 2 aromatic carbocycles. The Labute approximate surface area is 179 Å². The van der Waals surface area contributed by atoms with Crippen molar-refractivity contribution in [2.45, 2.75) is 18.4 Å². The maximum absolute atomic E-state index is 13.8. The van der Waals surface area contributed by atoms with E-state index in [1.54, 1.807) is 37.3 Å². The van der Waals surface area contributed by atoms with E-state index >= 15 is 0 Å². The zero-order valence-electron chi connectivity index (χ0n) is 16.3. The molecular formula is C20H20ClFN4O3S. The number of hydrogen-bond acceptors (Lipinski definition) is 6. The summed E-state index contributed by atoms with van der Waals surface area (Å²) in [6.45, 7) is 3.82. The van der Waals surface area contributed by atoms with Crippen LogP contribution in [0.5, 0.6) is 0 Å². The van der Waals surface area contributed by atoms with Crippen molar-refractivity contribution >= 4 is 21.6 Å². The average molecular weight is 451 g/mol. The van der Waals surface area contributed by atoms with Crippen LogP contribution in [0.1, 0.15) is 11.5 Å². The van der Waals surface area contributed by atoms with E-state index in [-0.39, 0.29) is 10.7 Å². The molecule has 1 aliphatic heterocycles. The number of aryl methyl sites for hydroxylation is 1. The molecule has 1 aliphatic rings. The number of benzene rings is 2. The van der Waals surface area contributed by atoms with Gasteiger partial charge in [0.1, 0.15) is 5.82 Å². The Balaban J connectivity index is 1.38. The molecule has 3 aromatic rings. The SMILES string of the molecule is Cc1ccc(-c2noc(CN3CCN(S(=O)(=O)c4cccc(Cl)c4)CC3)n2)cc1F. The van der Waals surface area contributed by atoms with Gasteiger partial charge in [-0.05, 0) is 36.8 Å². The summed E-state index contributed by atoms with van der Waals surface area (Å²) in [7, 11) is -3.59. The Kier molecular flexibility index (Phi) is 5.88. The summed E-state index contributed by atoms with van der Waals surface area (Å²) in [5.74, 6) is 0.402. The molecular weight excluding hydrogens is 431 g/mol. The lowest BCUT2D eigenvalue weighted by Crippen LogP contribution is -2.48. The zero-order chi connectivity index (χ0) is 21.3. The zero-order valence-corrected chi connectivity index (χ0v) is 17.8. The molecule has 158 valence electrons. The number of sulfonamides is 1. The third-order valence-electron chi connectivity index (χ3n) is 5.02. The summed E-state index contributed by atoms with van der Waals surface area (Å²) in [6.07, 6.45) is 0. The van der Waals surface area contributed by atoms with E-state index in [9.17, 15) is 12.8 Å². The first-order chi connectivity index (χ1) is 14.3. The van der Waals surface area contributed by atoms with Crippen LogP contribution in [0.2, 0.25) is 5.02 Å². The van der Waals surface area contributed by atoms with Gasteiger partial charge in [0.2, 0.25) is 21.7 Å². The largest absolute Gasteiger partial charge is 0.338 e. The van der Waals surface area contributed by atoms with E-state index in [1.165, 1.54) is 16.4 Å². The number of halogens is 2. The molecule has 0 aliphatic carbocycles. The Morgan fingerprint density at radius 3 is 2.60 bits per heavy atom. The molecule has 30 heavy (non-hydrogen) atoms. The van der Waals surface area contributed by atoms with Crippen molar-refractivity contribution in [3.8, 4) is 11.4 Å². The number of piperazine rings is 1. The predicted molar refractivity (Wildman–Crippen MR) is 110 cm³/mol. The highest BCUT2D eigenvalue weighted by Crippen LogP contribution is 2.22. The third kappa shape index (κ3) is 4.39. The summed E-state index contributed by atoms with van der Waals surface area (Å²) < 4.78 is 46.1. The van der Waals surface area contributed by atoms with Crippen molar-refractivity contribution in [3.05, 3.63) is 64.8 Å². The van der Waals surface area contributed by atoms with E-state index in [1.807, 2.05) is 4.90 Å². The van der Waals surface area contributed by atoms with E-state index in [4.69, 9.17) is 16.1 Å². The molecule has 0 amide bonds. The Morgan fingerprint density at radius 1 is 1.13 bits per heavy atom. The van der Waals surface area contributed by atoms with Gasteiger partial charge < -0.3 is 4.52 Å². The van der Waals surface area contributed by atoms with E-state index in [2.05, 4.69) is 10.1 Å². The van der Waals surface area contributed by atoms with Crippen LogP contribution in [0.15, 0.2) is 51.9 Å². The lowest BCUT2D eigenvalue weighted by atomic mass is 10.1. The first-order valence-electron chi connectivity index (χ1n) is 9.40. The smallest absolute Gasteiger partial charge is 0.243 e. The molecule has 0 saturated carbocycles. The lowest BCUT2D eigenvalue weighted by molar-refractivity contribution is 0.163. The standard InChI is InChI=1S/C20H20ClFN4O3S/c1-14-5-6-15(11-18(14)22)20-23-19(29-24-20)13-25-7-9-26(10-8-25)30(27,28)17-4-2-3-16(21)12-17/h2-6,11-12H,7-10,13H2,1H3. The molecule has 1 aromatic heterocycles. The second-order valence-electron chi connectivity index (χ2n) is 7.11. The molecule has 0 N–H and O–H groups in total. The van der Waals surface area contributed by atoms with Crippen LogP contribution in [0.3, 0.4) is 0 Å². The summed E-state index contributed by atoms with van der Waals surface area (Å²) >= 11 is 5.93. The highest BCUT2D eigenvalue weighted by molar-refractivity contribution is 7.89. The van der Waals surface area contributed by atoms with Gasteiger partial charge in [0.15, 0.2) is 0 Å². The van der Waals surface area contributed by atoms with Crippen molar-refractivity contribution in [2.75, 3.05) is 26.2 Å². The van der Waals surface area contributed by atoms with Crippen LogP contribution in [-0.2, 0) is 16.6 Å². The Morgan fingerprint density at radius 2 is 1.90 bits per heavy atom. The maximum atomic E-state index is 13.8. The predicted octanol–water partition coefficient (Wildman–Crippen LogP) is 3.34. The molecule has 7 nitrogen and oxygen atoms in total. The Bertz CT molecular complexity index is 1160. The first-order valence-corrected chi connectivity index (χ1v) is 11.2. The lowest BCUT2D eigenvalue weighted by Gasteiger charge is -2.33. The van der Waals surface area contributed by atoms with Gasteiger partial charge in [-0.3, -0.25) is 4.90 Å². The normalized spacial score (nSPS) is 16.1. The minimum absolute atomic E-state index is 0.190. The molecule has 2 heterocycles. The van der Waals surface area contributed by atoms with Gasteiger partial charge in [-0.25, -0.2) is 12.8 Å². The first kappa shape index (κ1) is 20.9. The topological polar surface area (TPSA) is 79.5 Å². The summed E-state index contributed by atoms with van der Waals surface area (Å²) in [5, 5.41) is 4.31. The Hall–Kier alpha value is -2.33. The third-order valence-corrected chi connectivity index (χ3v) is 7.15. The van der Waals surface area contributed by atoms with Crippen LogP contribution in [0.4, 0.5) is 4.39 Å². The van der Waals surface area contributed by atoms with Crippen LogP contribution < -0.4 is 0 Å². The second-order valence-corrected chi connectivity index (χ2v) is 9.49. The minimum Gasteiger partial charge on any atom is -0.338 e. The highest BCUT2D eigenvalue weighted by atomic mass is 35.5. The number of rotatable bonds is 5. The molecule has 0 bridgehead atoms. The number of hydrogen-bond donors (Lipinski definition) is 0. The van der Waals surface area contributed by atoms with Crippen molar-refractivity contribution in [1.82, 2.24) is 19.3 Å². The number of nitrogens with zero attached hydrogens (tertiary/aromatic N) is 4. The van der Waals surface area contributed by atoms with Crippen LogP contribution in [0, 0.1) is 12.7 Å². The van der Waals surface area contributed by atoms with Gasteiger partial charge in [-0.1, -0.05) is 35.0 Å². The summed E-state index contributed by atoms with van der Waals surface area (Å²) in [5.41, 5.74) is 1.10. The van der Waals surface area contributed by atoms with Gasteiger partial charge in [-0.15, -0.1) is 0 Å². The van der Waals surface area contributed by atoms with E-state index in [0.29, 0.717) is 60.6 Å². The van der Waals surface area contributed by atoms with Crippen LogP contribution >= 0.6 is 11.6 Å². The fourth-order valence-electron chi connectivity index (χ4n) is 3.26. The number of aromatic nitrogens is 2. The molecule has 1 fully saturated rings. The monoisotopic (exact) mass is 450 g/mol. The van der Waals surface area contributed by atoms with Crippen LogP contribution in [-0.4, -0.2) is 53.9 Å².